The number of pyridine rings is 1. The largest absolute Gasteiger partial charge is 0.398 e. The third-order valence-electron chi connectivity index (χ3n) is 2.44. The molecule has 1 unspecified atom stereocenters. The number of aromatic nitrogens is 1. The van der Waals surface area contributed by atoms with Gasteiger partial charge < -0.3 is 16.2 Å². The van der Waals surface area contributed by atoms with E-state index in [0.29, 0.717) is 12.2 Å². The maximum atomic E-state index is 9.27. The summed E-state index contributed by atoms with van der Waals surface area (Å²) in [5, 5.41) is 13.3. The van der Waals surface area contributed by atoms with E-state index in [9.17, 15) is 5.11 Å². The number of rotatable bonds is 3. The molecule has 2 rings (SSSR count). The highest BCUT2D eigenvalue weighted by Crippen LogP contribution is 2.28. The highest BCUT2D eigenvalue weighted by Gasteiger charge is 2.06. The summed E-state index contributed by atoms with van der Waals surface area (Å²) in [7, 11) is 0. The van der Waals surface area contributed by atoms with E-state index < -0.39 is 6.10 Å². The zero-order valence-corrected chi connectivity index (χ0v) is 11.0. The van der Waals surface area contributed by atoms with Crippen molar-refractivity contribution < 1.29 is 5.11 Å². The second kappa shape index (κ2) is 4.89. The lowest BCUT2D eigenvalue weighted by molar-refractivity contribution is 0.208. The van der Waals surface area contributed by atoms with Crippen LogP contribution >= 0.6 is 15.9 Å². The summed E-state index contributed by atoms with van der Waals surface area (Å²) in [5.74, 6) is 0. The first-order valence-electron chi connectivity index (χ1n) is 5.33. The van der Waals surface area contributed by atoms with Gasteiger partial charge in [0.05, 0.1) is 17.3 Å². The van der Waals surface area contributed by atoms with Crippen LogP contribution in [-0.4, -0.2) is 22.7 Å². The van der Waals surface area contributed by atoms with Crippen molar-refractivity contribution in [1.29, 1.82) is 0 Å². The van der Waals surface area contributed by atoms with Gasteiger partial charge in [-0.3, -0.25) is 4.98 Å². The average Bonchev–Trinajstić information content (AvgIpc) is 2.28. The summed E-state index contributed by atoms with van der Waals surface area (Å²) >= 11 is 3.37. The van der Waals surface area contributed by atoms with Gasteiger partial charge >= 0.3 is 0 Å². The molecular formula is C12H14BrN3O. The van der Waals surface area contributed by atoms with Crippen LogP contribution in [0.1, 0.15) is 6.92 Å². The van der Waals surface area contributed by atoms with E-state index in [0.717, 1.165) is 21.1 Å². The first kappa shape index (κ1) is 12.1. The predicted molar refractivity (Wildman–Crippen MR) is 74.0 cm³/mol. The Labute approximate surface area is 108 Å². The number of nitrogens with one attached hydrogen (secondary N) is 1. The van der Waals surface area contributed by atoms with Gasteiger partial charge in [-0.2, -0.15) is 0 Å². The normalized spacial score (nSPS) is 12.6. The second-order valence-electron chi connectivity index (χ2n) is 3.98. The van der Waals surface area contributed by atoms with Gasteiger partial charge in [0.25, 0.3) is 0 Å². The molecule has 0 spiro atoms. The Kier molecular flexibility index (Phi) is 3.49. The Morgan fingerprint density at radius 2 is 2.29 bits per heavy atom. The first-order valence-corrected chi connectivity index (χ1v) is 6.13. The molecule has 1 heterocycles. The van der Waals surface area contributed by atoms with Crippen LogP contribution in [0.2, 0.25) is 0 Å². The third-order valence-corrected chi connectivity index (χ3v) is 2.87. The Morgan fingerprint density at radius 3 is 3.00 bits per heavy atom. The van der Waals surface area contributed by atoms with Crippen molar-refractivity contribution in [1.82, 2.24) is 4.98 Å². The summed E-state index contributed by atoms with van der Waals surface area (Å²) < 4.78 is 0.893. The van der Waals surface area contributed by atoms with Crippen LogP contribution in [0.15, 0.2) is 28.9 Å². The predicted octanol–water partition coefficient (Wildman–Crippen LogP) is 2.37. The van der Waals surface area contributed by atoms with E-state index in [4.69, 9.17) is 5.73 Å². The van der Waals surface area contributed by atoms with Crippen LogP contribution in [0.25, 0.3) is 10.9 Å². The average molecular weight is 296 g/mol. The van der Waals surface area contributed by atoms with Crippen molar-refractivity contribution in [2.45, 2.75) is 13.0 Å². The zero-order valence-electron chi connectivity index (χ0n) is 9.44. The minimum atomic E-state index is -0.405. The Hall–Kier alpha value is -1.33. The molecule has 0 aliphatic rings. The minimum Gasteiger partial charge on any atom is -0.398 e. The van der Waals surface area contributed by atoms with Crippen molar-refractivity contribution in [3.63, 3.8) is 0 Å². The number of benzene rings is 1. The first-order chi connectivity index (χ1) is 8.08. The highest BCUT2D eigenvalue weighted by atomic mass is 79.9. The van der Waals surface area contributed by atoms with Crippen molar-refractivity contribution in [3.8, 4) is 0 Å². The Balaban J connectivity index is 2.47. The number of anilines is 2. The van der Waals surface area contributed by atoms with Gasteiger partial charge in [-0.1, -0.05) is 0 Å². The fourth-order valence-corrected chi connectivity index (χ4v) is 1.95. The monoisotopic (exact) mass is 295 g/mol. The molecule has 4 nitrogen and oxygen atoms in total. The smallest absolute Gasteiger partial charge is 0.0954 e. The van der Waals surface area contributed by atoms with E-state index in [1.165, 1.54) is 0 Å². The van der Waals surface area contributed by atoms with Crippen molar-refractivity contribution in [3.05, 3.63) is 28.9 Å². The lowest BCUT2D eigenvalue weighted by Gasteiger charge is -2.12. The quantitative estimate of drug-likeness (QED) is 0.760. The number of halogens is 1. The molecule has 0 saturated carbocycles. The van der Waals surface area contributed by atoms with E-state index in [2.05, 4.69) is 26.2 Å². The number of aliphatic hydroxyl groups excluding tert-OH is 1. The van der Waals surface area contributed by atoms with E-state index >= 15 is 0 Å². The number of aliphatic hydroxyl groups is 1. The molecule has 1 aromatic heterocycles. The summed E-state index contributed by atoms with van der Waals surface area (Å²) in [6, 6.07) is 5.65. The van der Waals surface area contributed by atoms with Gasteiger partial charge in [-0.05, 0) is 41.1 Å². The van der Waals surface area contributed by atoms with Gasteiger partial charge in [0, 0.05) is 28.3 Å². The van der Waals surface area contributed by atoms with Crippen molar-refractivity contribution in [2.24, 2.45) is 0 Å². The van der Waals surface area contributed by atoms with E-state index in [1.54, 1.807) is 13.1 Å². The minimum absolute atomic E-state index is 0.405. The molecule has 0 radical (unpaired) electrons. The van der Waals surface area contributed by atoms with Crippen LogP contribution in [0.4, 0.5) is 11.4 Å². The molecule has 0 fully saturated rings. The fraction of sp³-hybridized carbons (Fsp3) is 0.250. The number of nitrogens with zero attached hydrogens (tertiary/aromatic N) is 1. The maximum absolute atomic E-state index is 9.27. The molecule has 90 valence electrons. The van der Waals surface area contributed by atoms with Gasteiger partial charge in [0.2, 0.25) is 0 Å². The molecule has 4 N–H and O–H groups in total. The Bertz CT molecular complexity index is 543. The highest BCUT2D eigenvalue weighted by molar-refractivity contribution is 9.10. The molecule has 17 heavy (non-hydrogen) atoms. The molecular weight excluding hydrogens is 282 g/mol. The van der Waals surface area contributed by atoms with Crippen LogP contribution in [0, 0.1) is 0 Å². The SMILES string of the molecule is CC(O)CNc1ccc(N)c2cc(Br)cnc12. The summed E-state index contributed by atoms with van der Waals surface area (Å²) in [5.41, 5.74) is 8.29. The second-order valence-corrected chi connectivity index (χ2v) is 4.90. The van der Waals surface area contributed by atoms with Crippen molar-refractivity contribution in [2.75, 3.05) is 17.6 Å². The number of nitrogens with two attached hydrogens (primary N) is 1. The molecule has 1 aromatic carbocycles. The number of fused-ring (bicyclic) bond motifs is 1. The van der Waals surface area contributed by atoms with Gasteiger partial charge in [0.1, 0.15) is 0 Å². The number of hydrogen-bond acceptors (Lipinski definition) is 4. The number of nitrogen functional groups attached to an aromatic ring is 1. The molecule has 0 saturated heterocycles. The summed E-state index contributed by atoms with van der Waals surface area (Å²) in [6.07, 6.45) is 1.33. The van der Waals surface area contributed by atoms with Crippen molar-refractivity contribution >= 4 is 38.2 Å². The van der Waals surface area contributed by atoms with Crippen LogP contribution in [-0.2, 0) is 0 Å². The topological polar surface area (TPSA) is 71.2 Å². The Morgan fingerprint density at radius 1 is 1.53 bits per heavy atom. The van der Waals surface area contributed by atoms with Gasteiger partial charge in [-0.15, -0.1) is 0 Å². The zero-order chi connectivity index (χ0) is 12.4. The fourth-order valence-electron chi connectivity index (χ4n) is 1.62. The molecule has 5 heteroatoms. The molecule has 2 aromatic rings. The van der Waals surface area contributed by atoms with Gasteiger partial charge in [0.15, 0.2) is 0 Å². The van der Waals surface area contributed by atoms with Gasteiger partial charge in [-0.25, -0.2) is 0 Å². The molecule has 0 bridgehead atoms. The number of hydrogen-bond donors (Lipinski definition) is 3. The molecule has 1 atom stereocenters. The standard InChI is InChI=1S/C12H14BrN3O/c1-7(17)5-15-11-3-2-10(14)9-4-8(13)6-16-12(9)11/h2-4,6-7,15,17H,5,14H2,1H3. The molecule has 0 aliphatic carbocycles. The van der Waals surface area contributed by atoms with Crippen LogP contribution in [0.5, 0.6) is 0 Å². The van der Waals surface area contributed by atoms with Crippen LogP contribution < -0.4 is 11.1 Å². The molecule has 0 aliphatic heterocycles. The maximum Gasteiger partial charge on any atom is 0.0954 e. The lowest BCUT2D eigenvalue weighted by atomic mass is 10.1. The summed E-state index contributed by atoms with van der Waals surface area (Å²) in [4.78, 5) is 4.35. The third kappa shape index (κ3) is 2.68. The molecule has 0 amide bonds. The summed E-state index contributed by atoms with van der Waals surface area (Å²) in [6.45, 7) is 2.22. The van der Waals surface area contributed by atoms with E-state index in [-0.39, 0.29) is 0 Å². The van der Waals surface area contributed by atoms with E-state index in [1.807, 2.05) is 18.2 Å². The van der Waals surface area contributed by atoms with Crippen LogP contribution in [0.3, 0.4) is 0 Å². The lowest BCUT2D eigenvalue weighted by Crippen LogP contribution is -2.15.